The first kappa shape index (κ1) is 12.4. The van der Waals surface area contributed by atoms with Crippen molar-refractivity contribution in [2.75, 3.05) is 0 Å². The molecule has 0 aromatic heterocycles. The van der Waals surface area contributed by atoms with E-state index in [4.69, 9.17) is 10.2 Å². The number of aliphatic carboxylic acids is 1. The Bertz CT molecular complexity index is 419. The summed E-state index contributed by atoms with van der Waals surface area (Å²) >= 11 is 0. The second kappa shape index (κ2) is 4.09. The molecule has 0 aliphatic carbocycles. The third-order valence-electron chi connectivity index (χ3n) is 1.90. The zero-order valence-electron chi connectivity index (χ0n) is 7.62. The van der Waals surface area contributed by atoms with Gasteiger partial charge < -0.3 is 10.2 Å². The number of hydrogen-bond acceptors (Lipinski definition) is 2. The Balaban J connectivity index is 3.20. The highest BCUT2D eigenvalue weighted by Crippen LogP contribution is 2.33. The molecule has 3 nitrogen and oxygen atoms in total. The van der Waals surface area contributed by atoms with Gasteiger partial charge in [-0.3, -0.25) is 0 Å². The number of carboxylic acid groups (broad SMARTS) is 1. The van der Waals surface area contributed by atoms with Crippen LogP contribution in [0.3, 0.4) is 0 Å². The minimum absolute atomic E-state index is 0.657. The SMILES string of the molecule is O=C(O)C(F)(F)C(O)c1cccc(F)c1F. The molecule has 0 bridgehead atoms. The molecule has 0 amide bonds. The Kier molecular flexibility index (Phi) is 3.18. The van der Waals surface area contributed by atoms with Gasteiger partial charge in [-0.15, -0.1) is 0 Å². The van der Waals surface area contributed by atoms with Crippen molar-refractivity contribution in [3.63, 3.8) is 0 Å². The maximum Gasteiger partial charge on any atom is 0.377 e. The summed E-state index contributed by atoms with van der Waals surface area (Å²) in [6.07, 6.45) is -2.94. The summed E-state index contributed by atoms with van der Waals surface area (Å²) in [6.45, 7) is 0. The van der Waals surface area contributed by atoms with Gasteiger partial charge in [-0.25, -0.2) is 13.6 Å². The van der Waals surface area contributed by atoms with Gasteiger partial charge in [-0.2, -0.15) is 8.78 Å². The molecule has 0 fully saturated rings. The summed E-state index contributed by atoms with van der Waals surface area (Å²) in [5, 5.41) is 17.1. The van der Waals surface area contributed by atoms with Crippen LogP contribution in [0.25, 0.3) is 0 Å². The predicted octanol–water partition coefficient (Wildman–Crippen LogP) is 1.72. The van der Waals surface area contributed by atoms with E-state index in [9.17, 15) is 22.4 Å². The summed E-state index contributed by atoms with van der Waals surface area (Å²) in [7, 11) is 0. The van der Waals surface area contributed by atoms with Crippen molar-refractivity contribution in [2.45, 2.75) is 12.0 Å². The third-order valence-corrected chi connectivity index (χ3v) is 1.90. The molecule has 16 heavy (non-hydrogen) atoms. The number of carbonyl (C=O) groups is 1. The van der Waals surface area contributed by atoms with Crippen LogP contribution < -0.4 is 0 Å². The van der Waals surface area contributed by atoms with E-state index in [-0.39, 0.29) is 0 Å². The minimum atomic E-state index is -4.59. The van der Waals surface area contributed by atoms with E-state index in [1.165, 1.54) is 0 Å². The van der Waals surface area contributed by atoms with Gasteiger partial charge in [0.15, 0.2) is 17.7 Å². The summed E-state index contributed by atoms with van der Waals surface area (Å²) < 4.78 is 51.2. The fourth-order valence-corrected chi connectivity index (χ4v) is 1.04. The molecule has 1 rings (SSSR count). The molecule has 7 heteroatoms. The van der Waals surface area contributed by atoms with E-state index in [1.54, 1.807) is 0 Å². The zero-order chi connectivity index (χ0) is 12.5. The summed E-state index contributed by atoms with van der Waals surface area (Å²) in [6, 6.07) is 2.22. The molecule has 0 saturated heterocycles. The van der Waals surface area contributed by atoms with Gasteiger partial charge in [0.2, 0.25) is 0 Å². The van der Waals surface area contributed by atoms with Crippen LogP contribution in [0, 0.1) is 11.6 Å². The van der Waals surface area contributed by atoms with Crippen molar-refractivity contribution >= 4 is 5.97 Å². The van der Waals surface area contributed by atoms with Crippen LogP contribution in [-0.4, -0.2) is 22.1 Å². The van der Waals surface area contributed by atoms with Gasteiger partial charge in [0.25, 0.3) is 0 Å². The lowest BCUT2D eigenvalue weighted by atomic mass is 10.0. The smallest absolute Gasteiger partial charge is 0.377 e. The van der Waals surface area contributed by atoms with Crippen LogP contribution in [-0.2, 0) is 4.79 Å². The Morgan fingerprint density at radius 2 is 1.88 bits per heavy atom. The lowest BCUT2D eigenvalue weighted by molar-refractivity contribution is -0.183. The average molecular weight is 238 g/mol. The quantitative estimate of drug-likeness (QED) is 0.788. The number of halogens is 4. The minimum Gasteiger partial charge on any atom is -0.477 e. The maximum atomic E-state index is 13.0. The van der Waals surface area contributed by atoms with Crippen molar-refractivity contribution in [1.82, 2.24) is 0 Å². The first-order valence-electron chi connectivity index (χ1n) is 4.01. The Labute approximate surface area is 86.9 Å². The summed E-state index contributed by atoms with van der Waals surface area (Å²) in [5.41, 5.74) is -1.10. The lowest BCUT2D eigenvalue weighted by Crippen LogP contribution is -2.36. The predicted molar refractivity (Wildman–Crippen MR) is 43.9 cm³/mol. The van der Waals surface area contributed by atoms with Crippen molar-refractivity contribution in [1.29, 1.82) is 0 Å². The summed E-state index contributed by atoms with van der Waals surface area (Å²) in [5.74, 6) is -10.4. The van der Waals surface area contributed by atoms with Gasteiger partial charge in [0, 0.05) is 5.56 Å². The monoisotopic (exact) mass is 238 g/mol. The molecule has 1 atom stereocenters. The van der Waals surface area contributed by atoms with Crippen LogP contribution in [0.15, 0.2) is 18.2 Å². The highest BCUT2D eigenvalue weighted by atomic mass is 19.3. The first-order valence-corrected chi connectivity index (χ1v) is 4.01. The molecule has 2 N–H and O–H groups in total. The van der Waals surface area contributed by atoms with E-state index < -0.39 is 35.2 Å². The molecule has 0 aliphatic rings. The van der Waals surface area contributed by atoms with Gasteiger partial charge in [-0.1, -0.05) is 12.1 Å². The second-order valence-electron chi connectivity index (χ2n) is 2.97. The number of hydrogen-bond donors (Lipinski definition) is 2. The standard InChI is InChI=1S/C9H6F4O3/c10-5-3-1-2-4(6(5)11)7(14)9(12,13)8(15)16/h1-3,7,14H,(H,15,16). The fraction of sp³-hybridized carbons (Fsp3) is 0.222. The molecule has 1 aromatic carbocycles. The number of aliphatic hydroxyl groups is 1. The van der Waals surface area contributed by atoms with Crippen molar-refractivity contribution in [3.05, 3.63) is 35.4 Å². The maximum absolute atomic E-state index is 13.0. The molecule has 0 aliphatic heterocycles. The van der Waals surface area contributed by atoms with Crippen LogP contribution in [0.2, 0.25) is 0 Å². The van der Waals surface area contributed by atoms with Crippen LogP contribution >= 0.6 is 0 Å². The largest absolute Gasteiger partial charge is 0.477 e. The van der Waals surface area contributed by atoms with Crippen LogP contribution in [0.5, 0.6) is 0 Å². The molecule has 1 aromatic rings. The van der Waals surface area contributed by atoms with Gasteiger partial charge in [-0.05, 0) is 6.07 Å². The Hall–Kier alpha value is -1.63. The Morgan fingerprint density at radius 3 is 2.38 bits per heavy atom. The van der Waals surface area contributed by atoms with Gasteiger partial charge >= 0.3 is 11.9 Å². The highest BCUT2D eigenvalue weighted by molar-refractivity contribution is 5.76. The van der Waals surface area contributed by atoms with E-state index in [1.807, 2.05) is 0 Å². The molecule has 0 radical (unpaired) electrons. The van der Waals surface area contributed by atoms with Crippen molar-refractivity contribution in [2.24, 2.45) is 0 Å². The van der Waals surface area contributed by atoms with E-state index in [0.717, 1.165) is 6.07 Å². The van der Waals surface area contributed by atoms with Crippen molar-refractivity contribution < 1.29 is 32.6 Å². The average Bonchev–Trinajstić information content (AvgIpc) is 2.21. The van der Waals surface area contributed by atoms with Crippen molar-refractivity contribution in [3.8, 4) is 0 Å². The topological polar surface area (TPSA) is 57.5 Å². The number of carboxylic acids is 1. The molecule has 1 unspecified atom stereocenters. The number of benzene rings is 1. The first-order chi connectivity index (χ1) is 7.28. The van der Waals surface area contributed by atoms with Gasteiger partial charge in [0.1, 0.15) is 0 Å². The number of alkyl halides is 2. The van der Waals surface area contributed by atoms with E-state index in [2.05, 4.69) is 0 Å². The highest BCUT2D eigenvalue weighted by Gasteiger charge is 2.48. The molecule has 0 saturated carbocycles. The van der Waals surface area contributed by atoms with E-state index >= 15 is 0 Å². The van der Waals surface area contributed by atoms with Crippen LogP contribution in [0.4, 0.5) is 17.6 Å². The van der Waals surface area contributed by atoms with E-state index in [0.29, 0.717) is 12.1 Å². The number of aliphatic hydroxyl groups excluding tert-OH is 1. The normalized spacial score (nSPS) is 13.6. The molecule has 0 spiro atoms. The molecular formula is C9H6F4O3. The van der Waals surface area contributed by atoms with Crippen LogP contribution in [0.1, 0.15) is 11.7 Å². The van der Waals surface area contributed by atoms with Gasteiger partial charge in [0.05, 0.1) is 0 Å². The summed E-state index contributed by atoms with van der Waals surface area (Å²) in [4.78, 5) is 10.1. The second-order valence-corrected chi connectivity index (χ2v) is 2.97. The molecule has 88 valence electrons. The zero-order valence-corrected chi connectivity index (χ0v) is 7.62. The lowest BCUT2D eigenvalue weighted by Gasteiger charge is -2.18. The Morgan fingerprint density at radius 1 is 1.31 bits per heavy atom. The number of rotatable bonds is 3. The third kappa shape index (κ3) is 1.99. The molecule has 0 heterocycles. The molecular weight excluding hydrogens is 232 g/mol. The fourth-order valence-electron chi connectivity index (χ4n) is 1.04.